The van der Waals surface area contributed by atoms with E-state index < -0.39 is 6.09 Å². The van der Waals surface area contributed by atoms with E-state index in [4.69, 9.17) is 19.6 Å². The van der Waals surface area contributed by atoms with Gasteiger partial charge in [-0.05, 0) is 43.4 Å². The van der Waals surface area contributed by atoms with Gasteiger partial charge in [0, 0.05) is 35.3 Å². The Morgan fingerprint density at radius 2 is 2.03 bits per heavy atom. The van der Waals surface area contributed by atoms with Crippen molar-refractivity contribution in [2.75, 3.05) is 31.3 Å². The molecule has 0 spiro atoms. The van der Waals surface area contributed by atoms with E-state index >= 15 is 0 Å². The first-order valence-corrected chi connectivity index (χ1v) is 13.5. The van der Waals surface area contributed by atoms with E-state index in [1.807, 2.05) is 41.8 Å². The molecule has 1 amide bonds. The molecule has 190 valence electrons. The zero-order chi connectivity index (χ0) is 25.3. The molecule has 1 fully saturated rings. The van der Waals surface area contributed by atoms with E-state index in [1.165, 1.54) is 35.1 Å². The molecule has 3 heterocycles. The van der Waals surface area contributed by atoms with Gasteiger partial charge in [0.25, 0.3) is 0 Å². The summed E-state index contributed by atoms with van der Waals surface area (Å²) in [6, 6.07) is 11.4. The minimum absolute atomic E-state index is 0.249. The number of amides is 1. The molecule has 1 saturated heterocycles. The van der Waals surface area contributed by atoms with Gasteiger partial charge in [0.15, 0.2) is 16.7 Å². The lowest BCUT2D eigenvalue weighted by Gasteiger charge is -2.29. The van der Waals surface area contributed by atoms with Crippen molar-refractivity contribution < 1.29 is 24.2 Å². The van der Waals surface area contributed by atoms with Crippen molar-refractivity contribution >= 4 is 46.1 Å². The van der Waals surface area contributed by atoms with Crippen molar-refractivity contribution in [1.29, 1.82) is 0 Å². The Morgan fingerprint density at radius 3 is 2.75 bits per heavy atom. The van der Waals surface area contributed by atoms with Crippen LogP contribution < -0.4 is 10.1 Å². The summed E-state index contributed by atoms with van der Waals surface area (Å²) in [5.74, 6) is 2.54. The minimum Gasteiger partial charge on any atom is -0.469 e. The van der Waals surface area contributed by atoms with Crippen LogP contribution in [0.5, 0.6) is 11.5 Å². The van der Waals surface area contributed by atoms with Gasteiger partial charge < -0.3 is 24.8 Å². The van der Waals surface area contributed by atoms with Crippen LogP contribution in [0.4, 0.5) is 15.7 Å². The second-order valence-electron chi connectivity index (χ2n) is 8.29. The average molecular weight is 529 g/mol. The Hall–Kier alpha value is -3.31. The first-order valence-electron chi connectivity index (χ1n) is 11.6. The molecule has 2 N–H and O–H groups in total. The zero-order valence-electron chi connectivity index (χ0n) is 19.9. The quantitative estimate of drug-likeness (QED) is 0.254. The molecule has 1 aliphatic heterocycles. The van der Waals surface area contributed by atoms with Gasteiger partial charge in [0.05, 0.1) is 19.2 Å². The van der Waals surface area contributed by atoms with Gasteiger partial charge in [-0.2, -0.15) is 0 Å². The second-order valence-corrected chi connectivity index (χ2v) is 10.3. The lowest BCUT2D eigenvalue weighted by molar-refractivity contribution is -0.140. The van der Waals surface area contributed by atoms with E-state index in [9.17, 15) is 9.59 Å². The molecule has 0 radical (unpaired) electrons. The summed E-state index contributed by atoms with van der Waals surface area (Å²) in [5, 5.41) is 15.2. The highest BCUT2D eigenvalue weighted by atomic mass is 32.2. The minimum atomic E-state index is -0.845. The van der Waals surface area contributed by atoms with Crippen LogP contribution in [0, 0.1) is 5.92 Å². The van der Waals surface area contributed by atoms with Gasteiger partial charge in [0.2, 0.25) is 0 Å². The fraction of sp³-hybridized carbons (Fsp3) is 0.360. The van der Waals surface area contributed by atoms with Crippen LogP contribution >= 0.6 is 23.1 Å². The molecule has 4 rings (SSSR count). The third-order valence-corrected chi connectivity index (χ3v) is 7.53. The Bertz CT molecular complexity index is 1170. The standard InChI is InChI=1S/C25H28N4O5S2/c1-33-22(30)9-12-35-20-14-21(34-19-5-3-2-4-6-19)23(26-15-20)28-24-27-18(16-36-24)13-17-7-10-29(11-8-17)25(31)32/h2-6,14-17H,7-13H2,1H3,(H,31,32)(H,26,27,28). The number of ether oxygens (including phenoxy) is 2. The lowest BCUT2D eigenvalue weighted by Crippen LogP contribution is -2.37. The number of nitrogens with one attached hydrogen (secondary N) is 1. The number of benzene rings is 1. The summed E-state index contributed by atoms with van der Waals surface area (Å²) in [4.78, 5) is 34.2. The Kier molecular flexibility index (Phi) is 9.01. The van der Waals surface area contributed by atoms with Crippen molar-refractivity contribution in [1.82, 2.24) is 14.9 Å². The number of thioether (sulfide) groups is 1. The SMILES string of the molecule is COC(=O)CCSc1cnc(Nc2nc(CC3CCN(C(=O)O)CC3)cs2)c(Oc2ccccc2)c1. The highest BCUT2D eigenvalue weighted by Gasteiger charge is 2.23. The number of esters is 1. The number of carbonyl (C=O) groups excluding carboxylic acids is 1. The number of pyridine rings is 1. The number of aromatic nitrogens is 2. The number of anilines is 2. The molecule has 2 aromatic heterocycles. The maximum atomic E-state index is 11.4. The number of methoxy groups -OCH3 is 1. The third kappa shape index (κ3) is 7.34. The van der Waals surface area contributed by atoms with Crippen LogP contribution in [0.25, 0.3) is 0 Å². The van der Waals surface area contributed by atoms with Crippen molar-refractivity contribution in [3.63, 3.8) is 0 Å². The molecule has 0 atom stereocenters. The summed E-state index contributed by atoms with van der Waals surface area (Å²) in [6.45, 7) is 1.15. The Balaban J connectivity index is 1.42. The Morgan fingerprint density at radius 1 is 1.25 bits per heavy atom. The van der Waals surface area contributed by atoms with Gasteiger partial charge in [-0.15, -0.1) is 23.1 Å². The molecule has 3 aromatic rings. The van der Waals surface area contributed by atoms with E-state index in [-0.39, 0.29) is 5.97 Å². The van der Waals surface area contributed by atoms with E-state index in [1.54, 1.807) is 6.20 Å². The van der Waals surface area contributed by atoms with Gasteiger partial charge in [-0.1, -0.05) is 18.2 Å². The predicted molar refractivity (Wildman–Crippen MR) is 140 cm³/mol. The number of carbonyl (C=O) groups is 2. The molecule has 0 saturated carbocycles. The maximum Gasteiger partial charge on any atom is 0.407 e. The van der Waals surface area contributed by atoms with E-state index in [2.05, 4.69) is 10.3 Å². The number of hydrogen-bond acceptors (Lipinski definition) is 9. The van der Waals surface area contributed by atoms with E-state index in [0.717, 1.165) is 29.9 Å². The lowest BCUT2D eigenvalue weighted by atomic mass is 9.93. The van der Waals surface area contributed by atoms with Crippen molar-refractivity contribution in [3.05, 3.63) is 53.7 Å². The monoisotopic (exact) mass is 528 g/mol. The molecule has 0 aliphatic carbocycles. The zero-order valence-corrected chi connectivity index (χ0v) is 21.5. The number of carboxylic acid groups (broad SMARTS) is 1. The molecule has 0 unspecified atom stereocenters. The fourth-order valence-electron chi connectivity index (χ4n) is 3.83. The van der Waals surface area contributed by atoms with Crippen LogP contribution in [0.2, 0.25) is 0 Å². The van der Waals surface area contributed by atoms with Gasteiger partial charge in [0.1, 0.15) is 5.75 Å². The normalized spacial score (nSPS) is 13.9. The number of nitrogens with zero attached hydrogens (tertiary/aromatic N) is 3. The molecule has 36 heavy (non-hydrogen) atoms. The highest BCUT2D eigenvalue weighted by Crippen LogP contribution is 2.35. The van der Waals surface area contributed by atoms with E-state index in [0.29, 0.717) is 53.6 Å². The predicted octanol–water partition coefficient (Wildman–Crippen LogP) is 5.66. The molecule has 1 aliphatic rings. The number of para-hydroxylation sites is 1. The van der Waals surface area contributed by atoms with Crippen molar-refractivity contribution in [2.45, 2.75) is 30.6 Å². The maximum absolute atomic E-state index is 11.4. The first kappa shape index (κ1) is 25.8. The van der Waals surface area contributed by atoms with Gasteiger partial charge in [-0.3, -0.25) is 4.79 Å². The van der Waals surface area contributed by atoms with Gasteiger partial charge >= 0.3 is 12.1 Å². The fourth-order valence-corrected chi connectivity index (χ4v) is 5.37. The summed E-state index contributed by atoms with van der Waals surface area (Å²) in [6.07, 6.45) is 3.72. The molecule has 1 aromatic carbocycles. The topological polar surface area (TPSA) is 114 Å². The number of likely N-dealkylation sites (tertiary alicyclic amines) is 1. The molecule has 0 bridgehead atoms. The third-order valence-electron chi connectivity index (χ3n) is 5.76. The smallest absolute Gasteiger partial charge is 0.407 e. The van der Waals surface area contributed by atoms with Crippen LogP contribution in [-0.2, 0) is 16.0 Å². The molecular formula is C25H28N4O5S2. The molecule has 9 nitrogen and oxygen atoms in total. The van der Waals surface area contributed by atoms with Crippen LogP contribution in [0.1, 0.15) is 25.0 Å². The van der Waals surface area contributed by atoms with Crippen LogP contribution in [0.15, 0.2) is 52.9 Å². The van der Waals surface area contributed by atoms with Crippen LogP contribution in [-0.4, -0.2) is 58.0 Å². The second kappa shape index (κ2) is 12.6. The summed E-state index contributed by atoms with van der Waals surface area (Å²) in [5.41, 5.74) is 0.983. The molecule has 11 heteroatoms. The van der Waals surface area contributed by atoms with Crippen LogP contribution in [0.3, 0.4) is 0 Å². The number of hydrogen-bond donors (Lipinski definition) is 2. The number of piperidine rings is 1. The summed E-state index contributed by atoms with van der Waals surface area (Å²) in [7, 11) is 1.38. The Labute approximate surface area is 217 Å². The number of thiazole rings is 1. The summed E-state index contributed by atoms with van der Waals surface area (Å²) >= 11 is 3.00. The largest absolute Gasteiger partial charge is 0.469 e. The van der Waals surface area contributed by atoms with Crippen molar-refractivity contribution in [3.8, 4) is 11.5 Å². The van der Waals surface area contributed by atoms with Gasteiger partial charge in [-0.25, -0.2) is 14.8 Å². The first-order chi connectivity index (χ1) is 17.5. The molecular weight excluding hydrogens is 500 g/mol. The summed E-state index contributed by atoms with van der Waals surface area (Å²) < 4.78 is 10.8. The highest BCUT2D eigenvalue weighted by molar-refractivity contribution is 7.99. The van der Waals surface area contributed by atoms with Crippen molar-refractivity contribution in [2.24, 2.45) is 5.92 Å². The average Bonchev–Trinajstić information content (AvgIpc) is 3.33. The number of rotatable bonds is 10.